The molecule has 0 saturated heterocycles. The Bertz CT molecular complexity index is 174. The number of nitrogens with zero attached hydrogens (tertiary/aromatic N) is 1. The molecule has 0 aromatic heterocycles. The molecule has 0 spiro atoms. The van der Waals surface area contributed by atoms with Gasteiger partial charge in [-0.3, -0.25) is 0 Å². The SMILES string of the molecule is CC(C)C(O)C(O)[C@H](O)C(C)CN=O. The minimum atomic E-state index is -1.23. The molecule has 0 aromatic rings. The van der Waals surface area contributed by atoms with E-state index in [1.807, 2.05) is 0 Å². The number of nitroso groups, excluding NO2 is 1. The first kappa shape index (κ1) is 13.5. The smallest absolute Gasteiger partial charge is 0.106 e. The summed E-state index contributed by atoms with van der Waals surface area (Å²) in [6.45, 7) is 5.01. The molecule has 0 aromatic carbocycles. The highest BCUT2D eigenvalue weighted by atomic mass is 16.4. The van der Waals surface area contributed by atoms with E-state index in [-0.39, 0.29) is 12.5 Å². The minimum absolute atomic E-state index is 0.0664. The summed E-state index contributed by atoms with van der Waals surface area (Å²) < 4.78 is 0. The molecule has 0 aliphatic carbocycles. The van der Waals surface area contributed by atoms with E-state index < -0.39 is 24.2 Å². The average Bonchev–Trinajstić information content (AvgIpc) is 2.14. The lowest BCUT2D eigenvalue weighted by molar-refractivity contribution is -0.0908. The standard InChI is InChI=1S/C9H19NO4/c1-5(2)7(11)9(13)8(12)6(3)4-10-14/h5-9,11-13H,4H2,1-3H3/t6?,7?,8-,9?/m1/s1. The molecule has 0 radical (unpaired) electrons. The Kier molecular flexibility index (Phi) is 5.83. The lowest BCUT2D eigenvalue weighted by atomic mass is 9.91. The number of rotatable bonds is 6. The van der Waals surface area contributed by atoms with Crippen molar-refractivity contribution < 1.29 is 15.3 Å². The molecule has 5 nitrogen and oxygen atoms in total. The fourth-order valence-corrected chi connectivity index (χ4v) is 1.16. The largest absolute Gasteiger partial charge is 0.390 e. The van der Waals surface area contributed by atoms with Crippen LogP contribution in [0.5, 0.6) is 0 Å². The van der Waals surface area contributed by atoms with E-state index in [1.165, 1.54) is 0 Å². The molecular formula is C9H19NO4. The number of aliphatic hydroxyl groups is 3. The monoisotopic (exact) mass is 205 g/mol. The number of hydrogen-bond donors (Lipinski definition) is 3. The van der Waals surface area contributed by atoms with Crippen molar-refractivity contribution in [3.05, 3.63) is 4.91 Å². The lowest BCUT2D eigenvalue weighted by Crippen LogP contribution is -2.44. The first-order valence-corrected chi connectivity index (χ1v) is 4.75. The second kappa shape index (κ2) is 6.06. The van der Waals surface area contributed by atoms with Crippen molar-refractivity contribution in [2.45, 2.75) is 39.1 Å². The van der Waals surface area contributed by atoms with Gasteiger partial charge in [-0.1, -0.05) is 25.9 Å². The quantitative estimate of drug-likeness (QED) is 0.537. The highest BCUT2D eigenvalue weighted by Gasteiger charge is 2.30. The van der Waals surface area contributed by atoms with Gasteiger partial charge in [0.25, 0.3) is 0 Å². The fourth-order valence-electron chi connectivity index (χ4n) is 1.16. The molecule has 5 heteroatoms. The van der Waals surface area contributed by atoms with E-state index in [2.05, 4.69) is 5.18 Å². The van der Waals surface area contributed by atoms with Gasteiger partial charge in [0, 0.05) is 5.92 Å². The summed E-state index contributed by atoms with van der Waals surface area (Å²) in [7, 11) is 0. The van der Waals surface area contributed by atoms with Gasteiger partial charge in [0.2, 0.25) is 0 Å². The molecule has 3 unspecified atom stereocenters. The summed E-state index contributed by atoms with van der Waals surface area (Å²) in [5.41, 5.74) is 0. The van der Waals surface area contributed by atoms with Gasteiger partial charge in [-0.15, -0.1) is 0 Å². The van der Waals surface area contributed by atoms with Crippen LogP contribution in [0.15, 0.2) is 5.18 Å². The zero-order valence-electron chi connectivity index (χ0n) is 8.79. The topological polar surface area (TPSA) is 90.1 Å². The van der Waals surface area contributed by atoms with Gasteiger partial charge in [0.15, 0.2) is 0 Å². The zero-order chi connectivity index (χ0) is 11.3. The Morgan fingerprint density at radius 1 is 1.00 bits per heavy atom. The molecule has 4 atom stereocenters. The molecule has 0 aliphatic rings. The van der Waals surface area contributed by atoms with E-state index in [1.54, 1.807) is 20.8 Å². The van der Waals surface area contributed by atoms with Crippen molar-refractivity contribution in [3.63, 3.8) is 0 Å². The summed E-state index contributed by atoms with van der Waals surface area (Å²) >= 11 is 0. The second-order valence-corrected chi connectivity index (χ2v) is 4.00. The maximum absolute atomic E-state index is 9.94. The molecule has 0 aliphatic heterocycles. The molecule has 84 valence electrons. The van der Waals surface area contributed by atoms with Crippen LogP contribution in [0.4, 0.5) is 0 Å². The Balaban J connectivity index is 4.22. The third-order valence-electron chi connectivity index (χ3n) is 2.33. The maximum atomic E-state index is 9.94. The van der Waals surface area contributed by atoms with Crippen molar-refractivity contribution in [1.82, 2.24) is 0 Å². The second-order valence-electron chi connectivity index (χ2n) is 4.00. The molecule has 0 fully saturated rings. The summed E-state index contributed by atoms with van der Waals surface area (Å²) in [6, 6.07) is 0. The predicted molar refractivity (Wildman–Crippen MR) is 52.7 cm³/mol. The third-order valence-corrected chi connectivity index (χ3v) is 2.33. The van der Waals surface area contributed by atoms with E-state index in [0.717, 1.165) is 0 Å². The van der Waals surface area contributed by atoms with Crippen molar-refractivity contribution >= 4 is 0 Å². The summed E-state index contributed by atoms with van der Waals surface area (Å²) in [4.78, 5) is 9.94. The Morgan fingerprint density at radius 2 is 1.50 bits per heavy atom. The molecule has 0 saturated carbocycles. The molecule has 3 N–H and O–H groups in total. The Hall–Kier alpha value is -0.520. The fraction of sp³-hybridized carbons (Fsp3) is 1.00. The average molecular weight is 205 g/mol. The summed E-state index contributed by atoms with van der Waals surface area (Å²) in [6.07, 6.45) is -3.34. The minimum Gasteiger partial charge on any atom is -0.390 e. The molecule has 0 heterocycles. The van der Waals surface area contributed by atoms with Crippen molar-refractivity contribution in [2.75, 3.05) is 6.54 Å². The van der Waals surface area contributed by atoms with E-state index >= 15 is 0 Å². The first-order valence-electron chi connectivity index (χ1n) is 4.75. The van der Waals surface area contributed by atoms with Gasteiger partial charge in [-0.05, 0) is 5.92 Å². The van der Waals surface area contributed by atoms with E-state index in [4.69, 9.17) is 0 Å². The summed E-state index contributed by atoms with van der Waals surface area (Å²) in [5.74, 6) is -0.591. The highest BCUT2D eigenvalue weighted by Crippen LogP contribution is 2.15. The summed E-state index contributed by atoms with van der Waals surface area (Å²) in [5, 5.41) is 31.1. The van der Waals surface area contributed by atoms with Crippen LogP contribution in [0.3, 0.4) is 0 Å². The van der Waals surface area contributed by atoms with Crippen molar-refractivity contribution in [2.24, 2.45) is 17.0 Å². The maximum Gasteiger partial charge on any atom is 0.106 e. The van der Waals surface area contributed by atoms with Gasteiger partial charge in [-0.25, -0.2) is 0 Å². The van der Waals surface area contributed by atoms with Crippen LogP contribution in [0.2, 0.25) is 0 Å². The van der Waals surface area contributed by atoms with Gasteiger partial charge >= 0.3 is 0 Å². The van der Waals surface area contributed by atoms with Gasteiger partial charge in [0.05, 0.1) is 18.8 Å². The number of aliphatic hydroxyl groups excluding tert-OH is 3. The van der Waals surface area contributed by atoms with Gasteiger partial charge in [-0.2, -0.15) is 4.91 Å². The lowest BCUT2D eigenvalue weighted by Gasteiger charge is -2.28. The van der Waals surface area contributed by atoms with Crippen LogP contribution in [-0.4, -0.2) is 40.2 Å². The molecule has 0 rings (SSSR count). The predicted octanol–water partition coefficient (Wildman–Crippen LogP) is 0.128. The van der Waals surface area contributed by atoms with E-state index in [9.17, 15) is 20.2 Å². The third kappa shape index (κ3) is 3.69. The highest BCUT2D eigenvalue weighted by molar-refractivity contribution is 4.81. The molecule has 14 heavy (non-hydrogen) atoms. The van der Waals surface area contributed by atoms with Crippen LogP contribution in [0.25, 0.3) is 0 Å². The zero-order valence-corrected chi connectivity index (χ0v) is 8.79. The number of hydrogen-bond acceptors (Lipinski definition) is 5. The van der Waals surface area contributed by atoms with Gasteiger partial charge < -0.3 is 15.3 Å². The normalized spacial score (nSPS) is 20.2. The van der Waals surface area contributed by atoms with Crippen molar-refractivity contribution in [3.8, 4) is 0 Å². The molecule has 0 bridgehead atoms. The Morgan fingerprint density at radius 3 is 1.86 bits per heavy atom. The molecular weight excluding hydrogens is 186 g/mol. The first-order chi connectivity index (χ1) is 6.41. The van der Waals surface area contributed by atoms with Crippen LogP contribution >= 0.6 is 0 Å². The van der Waals surface area contributed by atoms with Crippen LogP contribution in [0, 0.1) is 16.7 Å². The van der Waals surface area contributed by atoms with Crippen LogP contribution in [0.1, 0.15) is 20.8 Å². The Labute approximate surface area is 83.7 Å². The van der Waals surface area contributed by atoms with Crippen LogP contribution < -0.4 is 0 Å². The van der Waals surface area contributed by atoms with Crippen LogP contribution in [-0.2, 0) is 0 Å². The molecule has 0 amide bonds. The van der Waals surface area contributed by atoms with Gasteiger partial charge in [0.1, 0.15) is 6.10 Å². The van der Waals surface area contributed by atoms with E-state index in [0.29, 0.717) is 0 Å². The van der Waals surface area contributed by atoms with Crippen molar-refractivity contribution in [1.29, 1.82) is 0 Å².